The maximum Gasteiger partial charge on any atom is 4.00 e. The normalized spacial score (nSPS) is 0. The summed E-state index contributed by atoms with van der Waals surface area (Å²) in [6.07, 6.45) is 0. The fourth-order valence-electron chi connectivity index (χ4n) is 0. The van der Waals surface area contributed by atoms with Gasteiger partial charge in [0.2, 0.25) is 0 Å². The van der Waals surface area contributed by atoms with E-state index in [-0.39, 0.29) is 158 Å². The van der Waals surface area contributed by atoms with Crippen LogP contribution < -0.4 is 0 Å². The number of hydrogen-bond acceptors (Lipinski definition) is 0. The summed E-state index contributed by atoms with van der Waals surface area (Å²) in [7, 11) is 0. The molecule has 0 aliphatic rings. The van der Waals surface area contributed by atoms with Crippen LogP contribution in [0.2, 0.25) is 0 Å². The van der Waals surface area contributed by atoms with Crippen molar-refractivity contribution in [1.82, 2.24) is 0 Å². The van der Waals surface area contributed by atoms with Gasteiger partial charge in [0.1, 0.15) is 0 Å². The summed E-state index contributed by atoms with van der Waals surface area (Å²) in [6, 6.07) is 0. The van der Waals surface area contributed by atoms with E-state index in [2.05, 4.69) is 0 Å². The van der Waals surface area contributed by atoms with E-state index in [4.69, 9.17) is 0 Å². The Labute approximate surface area is 156 Å². The molecule has 0 aliphatic carbocycles. The van der Waals surface area contributed by atoms with E-state index in [0.29, 0.717) is 0 Å². The van der Waals surface area contributed by atoms with E-state index in [1.165, 1.54) is 0 Å². The van der Waals surface area contributed by atoms with Crippen molar-refractivity contribution in [3.63, 3.8) is 0 Å². The molecule has 0 heterocycles. The fourth-order valence-corrected chi connectivity index (χ4v) is 0. The van der Waals surface area contributed by atoms with Crippen molar-refractivity contribution in [2.24, 2.45) is 0 Å². The van der Waals surface area contributed by atoms with E-state index in [0.717, 1.165) is 0 Å². The second-order valence-electron chi connectivity index (χ2n) is 0. The van der Waals surface area contributed by atoms with Crippen molar-refractivity contribution in [3.05, 3.63) is 0 Å². The molecule has 0 spiro atoms. The van der Waals surface area contributed by atoms with E-state index in [1.54, 1.807) is 0 Å². The molecule has 0 amide bonds. The van der Waals surface area contributed by atoms with Crippen LogP contribution in [0.5, 0.6) is 0 Å². The van der Waals surface area contributed by atoms with E-state index >= 15 is 0 Å². The van der Waals surface area contributed by atoms with Gasteiger partial charge < -0.3 is 38.3 Å². The van der Waals surface area contributed by atoms with Crippen LogP contribution in [0.15, 0.2) is 0 Å². The van der Waals surface area contributed by atoms with Crippen LogP contribution in [0.3, 0.4) is 0 Å². The zero-order valence-corrected chi connectivity index (χ0v) is 14.7. The minimum atomic E-state index is 0. The minimum absolute atomic E-state index is 0. The van der Waals surface area contributed by atoms with Crippen molar-refractivity contribution >= 4 is 0 Å². The van der Waals surface area contributed by atoms with Crippen molar-refractivity contribution < 1.29 is 158 Å². The Morgan fingerprint density at radius 1 is 0.308 bits per heavy atom. The third-order valence-electron chi connectivity index (χ3n) is 0. The molecule has 0 rings (SSSR count). The molecular formula is Fe2Mo2O7Ti2. The van der Waals surface area contributed by atoms with Gasteiger partial charge in [-0.15, -0.1) is 0 Å². The standard InChI is InChI=1S/2Fe.2Mo.7O.2Ti/q2*+3;;;7*-2;2*+4. The molecule has 0 atom stereocenters. The maximum atomic E-state index is 0. The Kier molecular flexibility index (Phi) is 6310. The molecule has 78 valence electrons. The summed E-state index contributed by atoms with van der Waals surface area (Å²) in [6.45, 7) is 0. The average molecular weight is 511 g/mol. The van der Waals surface area contributed by atoms with Crippen molar-refractivity contribution in [3.8, 4) is 0 Å². The molecule has 0 saturated heterocycles. The largest absolute Gasteiger partial charge is 4.00 e. The minimum Gasteiger partial charge on any atom is -2.00 e. The fraction of sp³-hybridized carbons (Fsp3) is 0. The van der Waals surface area contributed by atoms with Gasteiger partial charge in [0.05, 0.1) is 0 Å². The number of hydrogen-bond donors (Lipinski definition) is 0. The molecule has 0 aromatic carbocycles. The first-order valence-electron chi connectivity index (χ1n) is 0. The van der Waals surface area contributed by atoms with Gasteiger partial charge in [-0.05, 0) is 0 Å². The monoisotopic (exact) mass is 516 g/mol. The Hall–Kier alpha value is 3.56. The molecule has 0 aromatic heterocycles. The molecule has 2 radical (unpaired) electrons. The first-order valence-corrected chi connectivity index (χ1v) is 0. The Balaban J connectivity index is 0. The van der Waals surface area contributed by atoms with Crippen LogP contribution >= 0.6 is 0 Å². The third kappa shape index (κ3) is 225. The van der Waals surface area contributed by atoms with Crippen LogP contribution in [-0.2, 0) is 158 Å². The predicted molar refractivity (Wildman–Crippen MR) is 4.81 cm³/mol. The van der Waals surface area contributed by atoms with Gasteiger partial charge >= 0.3 is 77.6 Å². The summed E-state index contributed by atoms with van der Waals surface area (Å²) in [5.41, 5.74) is 0. The van der Waals surface area contributed by atoms with E-state index < -0.39 is 0 Å². The maximum absolute atomic E-state index is 0. The first kappa shape index (κ1) is 316. The average Bonchev–Trinajstić information content (AvgIpc) is 0. The summed E-state index contributed by atoms with van der Waals surface area (Å²) in [4.78, 5) is 0. The summed E-state index contributed by atoms with van der Waals surface area (Å²) in [5.74, 6) is 0. The SMILES string of the molecule is [Fe+3].[Fe+3].[Mo].[Mo].[O-2].[O-2].[O-2].[O-2].[O-2].[O-2].[O-2].[Ti+4].[Ti+4]. The topological polar surface area (TPSA) is 200 Å². The van der Waals surface area contributed by atoms with Gasteiger partial charge in [-0.25, -0.2) is 0 Å². The van der Waals surface area contributed by atoms with Crippen LogP contribution in [0, 0.1) is 0 Å². The van der Waals surface area contributed by atoms with Gasteiger partial charge in [0.25, 0.3) is 0 Å². The van der Waals surface area contributed by atoms with Crippen LogP contribution in [0.4, 0.5) is 0 Å². The Morgan fingerprint density at radius 3 is 0.308 bits per heavy atom. The molecule has 13 heteroatoms. The molecule has 0 unspecified atom stereocenters. The molecule has 0 saturated carbocycles. The van der Waals surface area contributed by atoms with Crippen molar-refractivity contribution in [2.45, 2.75) is 0 Å². The van der Waals surface area contributed by atoms with Gasteiger partial charge in [0, 0.05) is 42.1 Å². The van der Waals surface area contributed by atoms with Gasteiger partial charge in [-0.2, -0.15) is 0 Å². The zero-order valence-electron chi connectivity index (χ0n) is 5.38. The van der Waals surface area contributed by atoms with Crippen molar-refractivity contribution in [1.29, 1.82) is 0 Å². The third-order valence-corrected chi connectivity index (χ3v) is 0. The number of rotatable bonds is 0. The van der Waals surface area contributed by atoms with Crippen molar-refractivity contribution in [2.75, 3.05) is 0 Å². The van der Waals surface area contributed by atoms with Gasteiger partial charge in [0.15, 0.2) is 0 Å². The summed E-state index contributed by atoms with van der Waals surface area (Å²) < 4.78 is 0. The smallest absolute Gasteiger partial charge is 2.00 e. The summed E-state index contributed by atoms with van der Waals surface area (Å²) >= 11 is 0. The molecule has 0 aromatic rings. The second kappa shape index (κ2) is 260. The van der Waals surface area contributed by atoms with Gasteiger partial charge in [-0.3, -0.25) is 0 Å². The quantitative estimate of drug-likeness (QED) is 0.365. The Bertz CT molecular complexity index is 22.5. The van der Waals surface area contributed by atoms with E-state index in [9.17, 15) is 0 Å². The summed E-state index contributed by atoms with van der Waals surface area (Å²) in [5, 5.41) is 0. The second-order valence-corrected chi connectivity index (χ2v) is 0. The van der Waals surface area contributed by atoms with Crippen LogP contribution in [0.25, 0.3) is 0 Å². The molecule has 0 bridgehead atoms. The first-order chi connectivity index (χ1) is 0. The van der Waals surface area contributed by atoms with Crippen LogP contribution in [0.1, 0.15) is 0 Å². The molecule has 13 heavy (non-hydrogen) atoms. The molecule has 0 fully saturated rings. The van der Waals surface area contributed by atoms with E-state index in [1.807, 2.05) is 0 Å². The van der Waals surface area contributed by atoms with Crippen LogP contribution in [-0.4, -0.2) is 0 Å². The Morgan fingerprint density at radius 2 is 0.308 bits per heavy atom. The molecule has 0 aliphatic heterocycles. The van der Waals surface area contributed by atoms with Gasteiger partial charge in [-0.1, -0.05) is 0 Å². The predicted octanol–water partition coefficient (Wildman–Crippen LogP) is -0.847. The molecule has 7 nitrogen and oxygen atoms in total. The molecular weight excluding hydrogens is 511 g/mol. The molecule has 0 N–H and O–H groups in total. The zero-order chi connectivity index (χ0) is 0.